The number of hydrogen-bond donors (Lipinski definition) is 0. The van der Waals surface area contributed by atoms with Gasteiger partial charge in [0.15, 0.2) is 0 Å². The van der Waals surface area contributed by atoms with Crippen molar-refractivity contribution in [3.05, 3.63) is 5.01 Å². The van der Waals surface area contributed by atoms with Crippen LogP contribution in [0, 0.1) is 0 Å². The normalized spacial score (nSPS) is 17.7. The molecule has 0 aliphatic carbocycles. The Morgan fingerprint density at radius 2 is 1.85 bits per heavy atom. The Labute approximate surface area is 166 Å². The summed E-state index contributed by atoms with van der Waals surface area (Å²) >= 11 is 1.37. The van der Waals surface area contributed by atoms with E-state index in [1.165, 1.54) is 35.5 Å². The van der Waals surface area contributed by atoms with E-state index in [0.717, 1.165) is 24.3 Å². The molecule has 1 unspecified atom stereocenters. The van der Waals surface area contributed by atoms with Crippen molar-refractivity contribution in [3.8, 4) is 0 Å². The quantitative estimate of drug-likeness (QED) is 0.459. The third-order valence-corrected chi connectivity index (χ3v) is 5.86. The molecule has 0 radical (unpaired) electrons. The Balaban J connectivity index is 1.93. The van der Waals surface area contributed by atoms with Gasteiger partial charge in [-0.05, 0) is 6.42 Å². The van der Waals surface area contributed by atoms with Gasteiger partial charge in [-0.3, -0.25) is 4.79 Å². The smallest absolute Gasteiger partial charge is 0.329 e. The summed E-state index contributed by atoms with van der Waals surface area (Å²) in [6.07, 6.45) is 6.43. The van der Waals surface area contributed by atoms with Crippen LogP contribution in [0.3, 0.4) is 0 Å². The van der Waals surface area contributed by atoms with Crippen LogP contribution >= 0.6 is 11.3 Å². The van der Waals surface area contributed by atoms with Gasteiger partial charge >= 0.3 is 12.0 Å². The highest BCUT2D eigenvalue weighted by Gasteiger charge is 2.41. The lowest BCUT2D eigenvalue weighted by Gasteiger charge is -2.20. The number of rotatable bonds is 9. The van der Waals surface area contributed by atoms with Crippen LogP contribution in [0.1, 0.15) is 77.6 Å². The molecule has 7 nitrogen and oxygen atoms in total. The summed E-state index contributed by atoms with van der Waals surface area (Å²) in [5.41, 5.74) is -0.144. The highest BCUT2D eigenvalue weighted by molar-refractivity contribution is 7.15. The zero-order valence-corrected chi connectivity index (χ0v) is 18.0. The zero-order valence-electron chi connectivity index (χ0n) is 17.2. The van der Waals surface area contributed by atoms with Crippen LogP contribution in [0.2, 0.25) is 0 Å². The van der Waals surface area contributed by atoms with Crippen molar-refractivity contribution >= 4 is 28.5 Å². The Morgan fingerprint density at radius 1 is 1.19 bits per heavy atom. The molecule has 0 spiro atoms. The summed E-state index contributed by atoms with van der Waals surface area (Å²) in [6.45, 7) is 8.67. The molecule has 2 rings (SSSR count). The summed E-state index contributed by atoms with van der Waals surface area (Å²) in [6, 6.07) is -0.219. The Kier molecular flexibility index (Phi) is 7.59. The van der Waals surface area contributed by atoms with E-state index in [4.69, 9.17) is 4.74 Å². The molecule has 1 aliphatic rings. The first-order chi connectivity index (χ1) is 12.7. The SMILES string of the molecule is CCCCCCCCC(=O)OC1CN(C)C(=O)N1c1nnc(C(C)(C)C)s1. The number of carbonyl (C=O) groups excluding carboxylic acids is 2. The van der Waals surface area contributed by atoms with Gasteiger partial charge < -0.3 is 9.64 Å². The molecule has 1 atom stereocenters. The Bertz CT molecular complexity index is 641. The lowest BCUT2D eigenvalue weighted by molar-refractivity contribution is -0.148. The fraction of sp³-hybridized carbons (Fsp3) is 0.789. The van der Waals surface area contributed by atoms with E-state index in [2.05, 4.69) is 17.1 Å². The highest BCUT2D eigenvalue weighted by atomic mass is 32.1. The summed E-state index contributed by atoms with van der Waals surface area (Å²) in [5, 5.41) is 9.70. The second kappa shape index (κ2) is 9.48. The number of anilines is 1. The maximum absolute atomic E-state index is 12.5. The average Bonchev–Trinajstić information content (AvgIpc) is 3.16. The fourth-order valence-electron chi connectivity index (χ4n) is 2.87. The van der Waals surface area contributed by atoms with Crippen LogP contribution in [0.25, 0.3) is 0 Å². The van der Waals surface area contributed by atoms with Crippen molar-refractivity contribution in [1.82, 2.24) is 15.1 Å². The minimum atomic E-state index is -0.643. The number of carbonyl (C=O) groups is 2. The molecule has 0 N–H and O–H groups in total. The number of unbranched alkanes of at least 4 members (excludes halogenated alkanes) is 5. The van der Waals surface area contributed by atoms with Crippen LogP contribution in [-0.4, -0.2) is 46.9 Å². The van der Waals surface area contributed by atoms with Gasteiger partial charge in [-0.25, -0.2) is 9.69 Å². The predicted octanol–water partition coefficient (Wildman–Crippen LogP) is 4.33. The molecule has 1 fully saturated rings. The van der Waals surface area contributed by atoms with Crippen molar-refractivity contribution in [1.29, 1.82) is 0 Å². The second-order valence-electron chi connectivity index (χ2n) is 8.14. The number of ether oxygens (including phenoxy) is 1. The van der Waals surface area contributed by atoms with E-state index >= 15 is 0 Å². The first-order valence-electron chi connectivity index (χ1n) is 9.81. The van der Waals surface area contributed by atoms with E-state index in [0.29, 0.717) is 18.1 Å². The number of amides is 2. The molecule has 1 aromatic rings. The minimum Gasteiger partial charge on any atom is -0.439 e. The van der Waals surface area contributed by atoms with Crippen LogP contribution in [0.4, 0.5) is 9.93 Å². The standard InChI is InChI=1S/C19H32N4O3S/c1-6-7-8-9-10-11-12-15(24)26-14-13-22(5)18(25)23(14)17-21-20-16(27-17)19(2,3)4/h14H,6-13H2,1-5H3. The third kappa shape index (κ3) is 5.89. The van der Waals surface area contributed by atoms with E-state index in [-0.39, 0.29) is 17.4 Å². The summed E-state index contributed by atoms with van der Waals surface area (Å²) in [5.74, 6) is -0.260. The van der Waals surface area contributed by atoms with Crippen molar-refractivity contribution < 1.29 is 14.3 Å². The molecule has 152 valence electrons. The maximum atomic E-state index is 12.5. The minimum absolute atomic E-state index is 0.144. The first kappa shape index (κ1) is 21.6. The number of urea groups is 1. The lowest BCUT2D eigenvalue weighted by Crippen LogP contribution is -2.37. The average molecular weight is 397 g/mol. The molecule has 1 saturated heterocycles. The number of esters is 1. The van der Waals surface area contributed by atoms with Crippen LogP contribution in [-0.2, 0) is 14.9 Å². The molecule has 2 heterocycles. The number of aromatic nitrogens is 2. The lowest BCUT2D eigenvalue weighted by atomic mass is 9.98. The van der Waals surface area contributed by atoms with Gasteiger partial charge in [0.2, 0.25) is 11.4 Å². The molecule has 0 bridgehead atoms. The summed E-state index contributed by atoms with van der Waals surface area (Å²) in [7, 11) is 1.70. The Morgan fingerprint density at radius 3 is 2.48 bits per heavy atom. The van der Waals surface area contributed by atoms with Crippen molar-refractivity contribution in [2.45, 2.75) is 84.3 Å². The zero-order chi connectivity index (χ0) is 20.0. The molecular weight excluding hydrogens is 364 g/mol. The fourth-order valence-corrected chi connectivity index (χ4v) is 3.81. The van der Waals surface area contributed by atoms with Gasteiger partial charge in [0.25, 0.3) is 0 Å². The van der Waals surface area contributed by atoms with Crippen molar-refractivity contribution in [2.75, 3.05) is 18.5 Å². The van der Waals surface area contributed by atoms with Crippen LogP contribution in [0.5, 0.6) is 0 Å². The maximum Gasteiger partial charge on any atom is 0.329 e. The molecule has 1 aliphatic heterocycles. The van der Waals surface area contributed by atoms with E-state index in [9.17, 15) is 9.59 Å². The largest absolute Gasteiger partial charge is 0.439 e. The Hall–Kier alpha value is -1.70. The van der Waals surface area contributed by atoms with E-state index in [1.54, 1.807) is 11.9 Å². The van der Waals surface area contributed by atoms with Crippen LogP contribution < -0.4 is 4.90 Å². The molecule has 0 aromatic carbocycles. The van der Waals surface area contributed by atoms with Gasteiger partial charge in [-0.2, -0.15) is 0 Å². The first-order valence-corrected chi connectivity index (χ1v) is 10.6. The monoisotopic (exact) mass is 396 g/mol. The topological polar surface area (TPSA) is 75.6 Å². The molecule has 0 saturated carbocycles. The van der Waals surface area contributed by atoms with Gasteiger partial charge in [0, 0.05) is 18.9 Å². The summed E-state index contributed by atoms with van der Waals surface area (Å²) in [4.78, 5) is 27.7. The molecule has 1 aromatic heterocycles. The van der Waals surface area contributed by atoms with E-state index < -0.39 is 6.23 Å². The second-order valence-corrected chi connectivity index (χ2v) is 9.09. The number of nitrogens with zero attached hydrogens (tertiary/aromatic N) is 4. The third-order valence-electron chi connectivity index (χ3n) is 4.51. The van der Waals surface area contributed by atoms with Gasteiger partial charge in [0.1, 0.15) is 5.01 Å². The number of hydrogen-bond acceptors (Lipinski definition) is 6. The summed E-state index contributed by atoms with van der Waals surface area (Å²) < 4.78 is 5.61. The van der Waals surface area contributed by atoms with Crippen molar-refractivity contribution in [2.24, 2.45) is 0 Å². The van der Waals surface area contributed by atoms with Crippen molar-refractivity contribution in [3.63, 3.8) is 0 Å². The molecule has 27 heavy (non-hydrogen) atoms. The highest BCUT2D eigenvalue weighted by Crippen LogP contribution is 2.33. The van der Waals surface area contributed by atoms with Gasteiger partial charge in [-0.1, -0.05) is 71.1 Å². The molecule has 2 amide bonds. The predicted molar refractivity (Wildman–Crippen MR) is 107 cm³/mol. The van der Waals surface area contributed by atoms with Gasteiger partial charge in [0.05, 0.1) is 6.54 Å². The number of likely N-dealkylation sites (N-methyl/N-ethyl adjacent to an activating group) is 1. The molecular formula is C19H32N4O3S. The molecule has 8 heteroatoms. The van der Waals surface area contributed by atoms with Gasteiger partial charge in [-0.15, -0.1) is 10.2 Å². The van der Waals surface area contributed by atoms with Crippen LogP contribution in [0.15, 0.2) is 0 Å². The van der Waals surface area contributed by atoms with E-state index in [1.807, 2.05) is 20.8 Å².